The highest BCUT2D eigenvalue weighted by Crippen LogP contribution is 2.24. The summed E-state index contributed by atoms with van der Waals surface area (Å²) in [5, 5.41) is 4.50. The number of nitrogens with zero attached hydrogens (tertiary/aromatic N) is 1. The average Bonchev–Trinajstić information content (AvgIpc) is 3.09. The maximum Gasteiger partial charge on any atom is 0.224 e. The number of carbonyl (C=O) groups excluding carboxylic acids is 1. The molecule has 0 radical (unpaired) electrons. The van der Waals surface area contributed by atoms with Crippen molar-refractivity contribution in [3.63, 3.8) is 0 Å². The predicted molar refractivity (Wildman–Crippen MR) is 96.5 cm³/mol. The monoisotopic (exact) mass is 370 g/mol. The van der Waals surface area contributed by atoms with E-state index in [1.807, 2.05) is 17.0 Å². The van der Waals surface area contributed by atoms with Crippen molar-refractivity contribution >= 4 is 29.1 Å². The van der Waals surface area contributed by atoms with Crippen molar-refractivity contribution in [1.29, 1.82) is 0 Å². The molecule has 2 heterocycles. The van der Waals surface area contributed by atoms with Crippen LogP contribution in [0.2, 0.25) is 10.0 Å². The van der Waals surface area contributed by atoms with E-state index in [1.54, 1.807) is 6.07 Å². The molecule has 0 bridgehead atoms. The lowest BCUT2D eigenvalue weighted by Crippen LogP contribution is -2.42. The highest BCUT2D eigenvalue weighted by Gasteiger charge is 2.26. The van der Waals surface area contributed by atoms with E-state index in [-0.39, 0.29) is 12.0 Å². The van der Waals surface area contributed by atoms with Gasteiger partial charge in [0.05, 0.1) is 22.8 Å². The molecule has 1 aromatic rings. The Morgan fingerprint density at radius 1 is 1.21 bits per heavy atom. The van der Waals surface area contributed by atoms with Crippen LogP contribution in [-0.4, -0.2) is 42.6 Å². The van der Waals surface area contributed by atoms with Gasteiger partial charge in [-0.1, -0.05) is 29.3 Å². The van der Waals surface area contributed by atoms with E-state index in [9.17, 15) is 4.79 Å². The zero-order valence-corrected chi connectivity index (χ0v) is 15.3. The maximum atomic E-state index is 12.3. The largest absolute Gasteiger partial charge is 0.373 e. The minimum absolute atomic E-state index is 0.202. The van der Waals surface area contributed by atoms with Crippen molar-refractivity contribution in [1.82, 2.24) is 10.2 Å². The quantitative estimate of drug-likeness (QED) is 0.859. The molecule has 0 aromatic heterocycles. The SMILES string of the molecule is O=C(CC1CCCN1)N1CCC(OCc2ccc(Cl)c(Cl)c2)CC1. The topological polar surface area (TPSA) is 41.6 Å². The first-order valence-corrected chi connectivity index (χ1v) is 9.44. The summed E-state index contributed by atoms with van der Waals surface area (Å²) in [6.45, 7) is 3.15. The van der Waals surface area contributed by atoms with Crippen molar-refractivity contribution in [3.05, 3.63) is 33.8 Å². The Morgan fingerprint density at radius 3 is 2.67 bits per heavy atom. The molecular formula is C18H24Cl2N2O2. The molecule has 0 saturated carbocycles. The number of nitrogens with one attached hydrogen (secondary N) is 1. The lowest BCUT2D eigenvalue weighted by molar-refractivity contribution is -0.134. The second kappa shape index (κ2) is 8.52. The molecule has 24 heavy (non-hydrogen) atoms. The zero-order valence-electron chi connectivity index (χ0n) is 13.8. The molecule has 1 unspecified atom stereocenters. The van der Waals surface area contributed by atoms with Gasteiger partial charge in [-0.25, -0.2) is 0 Å². The standard InChI is InChI=1S/C18H24Cl2N2O2/c19-16-4-3-13(10-17(16)20)12-24-15-5-8-22(9-6-15)18(23)11-14-2-1-7-21-14/h3-4,10,14-15,21H,1-2,5-9,11-12H2. The van der Waals surface area contributed by atoms with E-state index in [2.05, 4.69) is 5.32 Å². The summed E-state index contributed by atoms with van der Waals surface area (Å²) in [5.41, 5.74) is 1.02. The summed E-state index contributed by atoms with van der Waals surface area (Å²) in [5.74, 6) is 0.275. The van der Waals surface area contributed by atoms with Gasteiger partial charge in [0.15, 0.2) is 0 Å². The number of amides is 1. The molecule has 3 rings (SSSR count). The summed E-state index contributed by atoms with van der Waals surface area (Å²) in [6, 6.07) is 5.95. The lowest BCUT2D eigenvalue weighted by atomic mass is 10.1. The Bertz CT molecular complexity index is 568. The third kappa shape index (κ3) is 4.85. The third-order valence-electron chi connectivity index (χ3n) is 4.85. The highest BCUT2D eigenvalue weighted by atomic mass is 35.5. The number of hydrogen-bond acceptors (Lipinski definition) is 3. The first-order chi connectivity index (χ1) is 11.6. The summed E-state index contributed by atoms with van der Waals surface area (Å²) in [4.78, 5) is 14.3. The van der Waals surface area contributed by atoms with E-state index < -0.39 is 0 Å². The van der Waals surface area contributed by atoms with Crippen LogP contribution in [0.25, 0.3) is 0 Å². The van der Waals surface area contributed by atoms with Gasteiger partial charge in [-0.2, -0.15) is 0 Å². The summed E-state index contributed by atoms with van der Waals surface area (Å²) < 4.78 is 5.97. The van der Waals surface area contributed by atoms with Crippen molar-refractivity contribution < 1.29 is 9.53 Å². The van der Waals surface area contributed by atoms with Gasteiger partial charge < -0.3 is 15.0 Å². The van der Waals surface area contributed by atoms with Gasteiger partial charge in [0, 0.05) is 25.6 Å². The molecular weight excluding hydrogens is 347 g/mol. The van der Waals surface area contributed by atoms with E-state index in [0.29, 0.717) is 29.1 Å². The average molecular weight is 371 g/mol. The molecule has 2 aliphatic heterocycles. The Balaban J connectivity index is 1.40. The van der Waals surface area contributed by atoms with Gasteiger partial charge in [-0.15, -0.1) is 0 Å². The molecule has 1 aromatic carbocycles. The Labute approximate surface area is 153 Å². The fourth-order valence-electron chi connectivity index (χ4n) is 3.39. The number of halogens is 2. The molecule has 4 nitrogen and oxygen atoms in total. The van der Waals surface area contributed by atoms with E-state index in [1.165, 1.54) is 6.42 Å². The lowest BCUT2D eigenvalue weighted by Gasteiger charge is -2.32. The van der Waals surface area contributed by atoms with Crippen LogP contribution in [0.3, 0.4) is 0 Å². The molecule has 1 amide bonds. The first kappa shape index (κ1) is 18.0. The summed E-state index contributed by atoms with van der Waals surface area (Å²) in [6.07, 6.45) is 4.93. The fourth-order valence-corrected chi connectivity index (χ4v) is 3.71. The van der Waals surface area contributed by atoms with Crippen LogP contribution in [0, 0.1) is 0 Å². The van der Waals surface area contributed by atoms with Crippen LogP contribution >= 0.6 is 23.2 Å². The number of likely N-dealkylation sites (tertiary alicyclic amines) is 1. The summed E-state index contributed by atoms with van der Waals surface area (Å²) >= 11 is 11.9. The Kier molecular flexibility index (Phi) is 6.39. The number of hydrogen-bond donors (Lipinski definition) is 1. The summed E-state index contributed by atoms with van der Waals surface area (Å²) in [7, 11) is 0. The minimum Gasteiger partial charge on any atom is -0.373 e. The third-order valence-corrected chi connectivity index (χ3v) is 5.59. The minimum atomic E-state index is 0.202. The number of rotatable bonds is 5. The Morgan fingerprint density at radius 2 is 2.00 bits per heavy atom. The molecule has 2 fully saturated rings. The predicted octanol–water partition coefficient (Wildman–Crippen LogP) is 3.64. The normalized spacial score (nSPS) is 22.1. The molecule has 0 aliphatic carbocycles. The molecule has 2 saturated heterocycles. The second-order valence-electron chi connectivity index (χ2n) is 6.64. The van der Waals surface area contributed by atoms with Gasteiger partial charge >= 0.3 is 0 Å². The number of piperidine rings is 1. The van der Waals surface area contributed by atoms with Crippen molar-refractivity contribution in [2.75, 3.05) is 19.6 Å². The van der Waals surface area contributed by atoms with E-state index >= 15 is 0 Å². The van der Waals surface area contributed by atoms with Gasteiger partial charge in [0.25, 0.3) is 0 Å². The van der Waals surface area contributed by atoms with E-state index in [4.69, 9.17) is 27.9 Å². The van der Waals surface area contributed by atoms with Crippen LogP contribution in [0.4, 0.5) is 0 Å². The maximum absolute atomic E-state index is 12.3. The highest BCUT2D eigenvalue weighted by molar-refractivity contribution is 6.42. The van der Waals surface area contributed by atoms with Crippen LogP contribution in [-0.2, 0) is 16.1 Å². The number of benzene rings is 1. The fraction of sp³-hybridized carbons (Fsp3) is 0.611. The van der Waals surface area contributed by atoms with E-state index in [0.717, 1.165) is 44.5 Å². The number of ether oxygens (including phenoxy) is 1. The molecule has 2 aliphatic rings. The number of carbonyl (C=O) groups is 1. The van der Waals surface area contributed by atoms with Gasteiger partial charge in [0.2, 0.25) is 5.91 Å². The molecule has 1 atom stereocenters. The smallest absolute Gasteiger partial charge is 0.224 e. The van der Waals surface area contributed by atoms with Crippen molar-refractivity contribution in [2.24, 2.45) is 0 Å². The van der Waals surface area contributed by atoms with Gasteiger partial charge in [0.1, 0.15) is 0 Å². The molecule has 132 valence electrons. The van der Waals surface area contributed by atoms with Gasteiger partial charge in [-0.3, -0.25) is 4.79 Å². The molecule has 0 spiro atoms. The molecule has 6 heteroatoms. The molecule has 1 N–H and O–H groups in total. The van der Waals surface area contributed by atoms with Crippen LogP contribution < -0.4 is 5.32 Å². The van der Waals surface area contributed by atoms with Crippen LogP contribution in [0.5, 0.6) is 0 Å². The van der Waals surface area contributed by atoms with Crippen LogP contribution in [0.15, 0.2) is 18.2 Å². The second-order valence-corrected chi connectivity index (χ2v) is 7.45. The Hall–Kier alpha value is -0.810. The van der Waals surface area contributed by atoms with Crippen molar-refractivity contribution in [3.8, 4) is 0 Å². The van der Waals surface area contributed by atoms with Crippen LogP contribution in [0.1, 0.15) is 37.7 Å². The zero-order chi connectivity index (χ0) is 16.9. The van der Waals surface area contributed by atoms with Gasteiger partial charge in [-0.05, 0) is 49.9 Å². The first-order valence-electron chi connectivity index (χ1n) is 8.68. The van der Waals surface area contributed by atoms with Crippen molar-refractivity contribution in [2.45, 2.75) is 50.9 Å².